The van der Waals surface area contributed by atoms with E-state index < -0.39 is 10.0 Å². The van der Waals surface area contributed by atoms with E-state index in [1.165, 1.54) is 0 Å². The lowest BCUT2D eigenvalue weighted by Gasteiger charge is -2.28. The monoisotopic (exact) mass is 314 g/mol. The maximum Gasteiger partial charge on any atom is 0.244 e. The first-order chi connectivity index (χ1) is 9.56. The minimum Gasteiger partial charge on any atom is -0.490 e. The van der Waals surface area contributed by atoms with Crippen molar-refractivity contribution < 1.29 is 13.2 Å². The number of benzene rings is 1. The van der Waals surface area contributed by atoms with Crippen LogP contribution in [0.5, 0.6) is 5.75 Å². The Bertz CT molecular complexity index is 598. The molecule has 0 aliphatic carbocycles. The van der Waals surface area contributed by atoms with Crippen LogP contribution in [0.2, 0.25) is 0 Å². The molecule has 2 aliphatic heterocycles. The van der Waals surface area contributed by atoms with E-state index in [0.29, 0.717) is 12.4 Å². The lowest BCUT2D eigenvalue weighted by Crippen LogP contribution is -2.34. The Hall–Kier alpha value is -0.920. The molecular weight excluding hydrogens is 296 g/mol. The van der Waals surface area contributed by atoms with Crippen molar-refractivity contribution in [1.29, 1.82) is 0 Å². The van der Waals surface area contributed by atoms with Crippen LogP contribution in [0.1, 0.15) is 6.92 Å². The fourth-order valence-electron chi connectivity index (χ4n) is 2.43. The average molecular weight is 314 g/mol. The van der Waals surface area contributed by atoms with Gasteiger partial charge in [-0.25, -0.2) is 13.1 Å². The molecule has 1 saturated heterocycles. The van der Waals surface area contributed by atoms with Gasteiger partial charge in [-0.1, -0.05) is 0 Å². The van der Waals surface area contributed by atoms with Gasteiger partial charge in [0.05, 0.1) is 6.04 Å². The van der Waals surface area contributed by atoms with Crippen molar-refractivity contribution in [2.45, 2.75) is 17.9 Å². The van der Waals surface area contributed by atoms with Gasteiger partial charge >= 0.3 is 0 Å². The standard InChI is InChI=1S/C13H18N2O3S2/c1-10-9-18-12-8-11(15-4-6-19-7-5-15)2-3-13(12)20(16,17)14-10/h2-3,8,10,14H,4-7,9H2,1H3/t10-/m1/s1. The fourth-order valence-corrected chi connectivity index (χ4v) is 4.68. The van der Waals surface area contributed by atoms with Crippen molar-refractivity contribution in [2.75, 3.05) is 36.1 Å². The molecule has 1 aromatic carbocycles. The molecule has 1 atom stereocenters. The zero-order valence-electron chi connectivity index (χ0n) is 11.3. The van der Waals surface area contributed by atoms with Crippen molar-refractivity contribution in [3.05, 3.63) is 18.2 Å². The van der Waals surface area contributed by atoms with Gasteiger partial charge in [0.1, 0.15) is 17.3 Å². The summed E-state index contributed by atoms with van der Waals surface area (Å²) >= 11 is 1.95. The number of hydrogen-bond donors (Lipinski definition) is 1. The maximum atomic E-state index is 12.2. The summed E-state index contributed by atoms with van der Waals surface area (Å²) in [5, 5.41) is 0. The topological polar surface area (TPSA) is 58.6 Å². The number of fused-ring (bicyclic) bond motifs is 1. The van der Waals surface area contributed by atoms with Crippen LogP contribution in [0.4, 0.5) is 5.69 Å². The number of hydrogen-bond acceptors (Lipinski definition) is 5. The van der Waals surface area contributed by atoms with Crippen LogP contribution in [0.15, 0.2) is 23.1 Å². The maximum absolute atomic E-state index is 12.2. The van der Waals surface area contributed by atoms with Gasteiger partial charge in [0.15, 0.2) is 0 Å². The normalized spacial score (nSPS) is 25.4. The fraction of sp³-hybridized carbons (Fsp3) is 0.538. The second-order valence-electron chi connectivity index (χ2n) is 5.06. The van der Waals surface area contributed by atoms with Crippen molar-refractivity contribution in [1.82, 2.24) is 4.72 Å². The Morgan fingerprint density at radius 3 is 2.85 bits per heavy atom. The van der Waals surface area contributed by atoms with Crippen LogP contribution in [-0.4, -0.2) is 45.7 Å². The third-order valence-corrected chi connectivity index (χ3v) is 6.01. The summed E-state index contributed by atoms with van der Waals surface area (Å²) in [5.74, 6) is 2.67. The molecule has 0 saturated carbocycles. The van der Waals surface area contributed by atoms with Crippen LogP contribution >= 0.6 is 11.8 Å². The highest BCUT2D eigenvalue weighted by Gasteiger charge is 2.27. The SMILES string of the molecule is C[C@@H]1COc2cc(N3CCSCC3)ccc2S(=O)(=O)N1. The van der Waals surface area contributed by atoms with Crippen molar-refractivity contribution >= 4 is 27.5 Å². The van der Waals surface area contributed by atoms with Gasteiger partial charge in [-0.15, -0.1) is 0 Å². The van der Waals surface area contributed by atoms with E-state index in [9.17, 15) is 8.42 Å². The third kappa shape index (κ3) is 2.75. The number of rotatable bonds is 1. The molecule has 3 rings (SSSR count). The number of sulfonamides is 1. The molecule has 1 fully saturated rings. The summed E-state index contributed by atoms with van der Waals surface area (Å²) in [6.07, 6.45) is 0. The van der Waals surface area contributed by atoms with Crippen LogP contribution in [0, 0.1) is 0 Å². The summed E-state index contributed by atoms with van der Waals surface area (Å²) in [5.41, 5.74) is 1.04. The van der Waals surface area contributed by atoms with Gasteiger partial charge in [-0.3, -0.25) is 0 Å². The van der Waals surface area contributed by atoms with Crippen LogP contribution in [0.25, 0.3) is 0 Å². The van der Waals surface area contributed by atoms with E-state index in [1.807, 2.05) is 23.9 Å². The van der Waals surface area contributed by atoms with E-state index in [-0.39, 0.29) is 10.9 Å². The van der Waals surface area contributed by atoms with E-state index in [4.69, 9.17) is 4.74 Å². The van der Waals surface area contributed by atoms with Gasteiger partial charge in [0.2, 0.25) is 10.0 Å². The summed E-state index contributed by atoms with van der Waals surface area (Å²) in [6.45, 7) is 4.13. The number of anilines is 1. The highest BCUT2D eigenvalue weighted by Crippen LogP contribution is 2.32. The lowest BCUT2D eigenvalue weighted by atomic mass is 10.2. The highest BCUT2D eigenvalue weighted by atomic mass is 32.2. The van der Waals surface area contributed by atoms with Crippen molar-refractivity contribution in [3.63, 3.8) is 0 Å². The quantitative estimate of drug-likeness (QED) is 0.847. The predicted octanol–water partition coefficient (Wildman–Crippen LogP) is 1.30. The van der Waals surface area contributed by atoms with E-state index in [2.05, 4.69) is 9.62 Å². The van der Waals surface area contributed by atoms with Crippen LogP contribution < -0.4 is 14.4 Å². The first-order valence-electron chi connectivity index (χ1n) is 6.68. The third-order valence-electron chi connectivity index (χ3n) is 3.44. The summed E-state index contributed by atoms with van der Waals surface area (Å²) < 4.78 is 32.6. The lowest BCUT2D eigenvalue weighted by molar-refractivity contribution is 0.288. The highest BCUT2D eigenvalue weighted by molar-refractivity contribution is 7.99. The molecule has 1 aromatic rings. The first-order valence-corrected chi connectivity index (χ1v) is 9.32. The molecule has 20 heavy (non-hydrogen) atoms. The second-order valence-corrected chi connectivity index (χ2v) is 7.97. The minimum absolute atomic E-state index is 0.220. The zero-order valence-corrected chi connectivity index (χ0v) is 13.0. The summed E-state index contributed by atoms with van der Waals surface area (Å²) in [4.78, 5) is 2.51. The van der Waals surface area contributed by atoms with Gasteiger partial charge < -0.3 is 9.64 Å². The first kappa shape index (κ1) is 14.0. The number of thioether (sulfide) groups is 1. The Balaban J connectivity index is 1.96. The van der Waals surface area contributed by atoms with Gasteiger partial charge in [-0.2, -0.15) is 11.8 Å². The molecule has 1 N–H and O–H groups in total. The van der Waals surface area contributed by atoms with Crippen LogP contribution in [0.3, 0.4) is 0 Å². The Morgan fingerprint density at radius 2 is 2.10 bits per heavy atom. The largest absolute Gasteiger partial charge is 0.490 e. The molecule has 2 heterocycles. The molecule has 0 spiro atoms. The summed E-state index contributed by atoms with van der Waals surface area (Å²) in [6, 6.07) is 5.14. The Labute approximate surface area is 123 Å². The minimum atomic E-state index is -3.47. The molecule has 7 heteroatoms. The average Bonchev–Trinajstić information content (AvgIpc) is 2.56. The smallest absolute Gasteiger partial charge is 0.244 e. The van der Waals surface area contributed by atoms with Crippen LogP contribution in [-0.2, 0) is 10.0 Å². The van der Waals surface area contributed by atoms with Gasteiger partial charge in [0.25, 0.3) is 0 Å². The van der Waals surface area contributed by atoms with Crippen molar-refractivity contribution in [3.8, 4) is 5.75 Å². The second kappa shape index (κ2) is 5.46. The van der Waals surface area contributed by atoms with Gasteiger partial charge in [-0.05, 0) is 19.1 Å². The number of nitrogens with one attached hydrogen (secondary N) is 1. The molecule has 0 aromatic heterocycles. The molecule has 0 bridgehead atoms. The molecule has 2 aliphatic rings. The molecular formula is C13H18N2O3S2. The van der Waals surface area contributed by atoms with Crippen molar-refractivity contribution in [2.24, 2.45) is 0 Å². The molecule has 0 radical (unpaired) electrons. The van der Waals surface area contributed by atoms with E-state index >= 15 is 0 Å². The van der Waals surface area contributed by atoms with E-state index in [1.54, 1.807) is 13.0 Å². The summed E-state index contributed by atoms with van der Waals surface area (Å²) in [7, 11) is -3.47. The van der Waals surface area contributed by atoms with Gasteiger partial charge in [0, 0.05) is 36.3 Å². The predicted molar refractivity (Wildman–Crippen MR) is 81.3 cm³/mol. The molecule has 0 unspecified atom stereocenters. The Morgan fingerprint density at radius 1 is 1.35 bits per heavy atom. The molecule has 5 nitrogen and oxygen atoms in total. The molecule has 110 valence electrons. The number of nitrogens with zero attached hydrogens (tertiary/aromatic N) is 1. The molecule has 0 amide bonds. The van der Waals surface area contributed by atoms with E-state index in [0.717, 1.165) is 30.3 Å². The Kier molecular flexibility index (Phi) is 3.83. The number of ether oxygens (including phenoxy) is 1. The zero-order chi connectivity index (χ0) is 14.2.